The van der Waals surface area contributed by atoms with Crippen LogP contribution < -0.4 is 5.32 Å². The predicted molar refractivity (Wildman–Crippen MR) is 73.5 cm³/mol. The van der Waals surface area contributed by atoms with Crippen molar-refractivity contribution in [3.63, 3.8) is 0 Å². The third-order valence-electron chi connectivity index (χ3n) is 3.74. The zero-order chi connectivity index (χ0) is 15.2. The minimum atomic E-state index is -1.04. The molecule has 5 heteroatoms. The maximum atomic E-state index is 13.4. The summed E-state index contributed by atoms with van der Waals surface area (Å²) in [5.41, 5.74) is -0.658. The molecule has 0 saturated carbocycles. The van der Waals surface area contributed by atoms with Crippen molar-refractivity contribution in [2.45, 2.75) is 39.7 Å². The summed E-state index contributed by atoms with van der Waals surface area (Å²) in [6.45, 7) is 3.57. The standard InChI is InChI=1S/C15H20FNO3/c1-3-15(4-2,14(19)20)9-13(18)17-10-11-7-5-6-8-12(11)16/h5-8H,3-4,9-10H2,1-2H3,(H,17,18)(H,19,20). The first kappa shape index (κ1) is 16.1. The number of amides is 1. The molecule has 4 nitrogen and oxygen atoms in total. The van der Waals surface area contributed by atoms with Crippen molar-refractivity contribution in [1.29, 1.82) is 0 Å². The number of carboxylic acid groups (broad SMARTS) is 1. The average molecular weight is 281 g/mol. The first-order valence-electron chi connectivity index (χ1n) is 6.68. The van der Waals surface area contributed by atoms with E-state index in [0.717, 1.165) is 0 Å². The molecule has 2 N–H and O–H groups in total. The Morgan fingerprint density at radius 2 is 1.85 bits per heavy atom. The molecule has 0 unspecified atom stereocenters. The third-order valence-corrected chi connectivity index (χ3v) is 3.74. The molecule has 1 rings (SSSR count). The Labute approximate surface area is 118 Å². The molecule has 0 heterocycles. The molecule has 0 fully saturated rings. The zero-order valence-electron chi connectivity index (χ0n) is 11.8. The van der Waals surface area contributed by atoms with Gasteiger partial charge in [0.1, 0.15) is 5.82 Å². The van der Waals surface area contributed by atoms with Gasteiger partial charge >= 0.3 is 5.97 Å². The Kier molecular flexibility index (Phi) is 5.67. The molecule has 0 aliphatic rings. The second kappa shape index (κ2) is 7.03. The van der Waals surface area contributed by atoms with Crippen molar-refractivity contribution in [1.82, 2.24) is 5.32 Å². The molecular formula is C15H20FNO3. The number of halogens is 1. The molecule has 0 atom stereocenters. The van der Waals surface area contributed by atoms with Crippen LogP contribution in [-0.2, 0) is 16.1 Å². The Balaban J connectivity index is 2.64. The van der Waals surface area contributed by atoms with E-state index in [-0.39, 0.29) is 24.7 Å². The van der Waals surface area contributed by atoms with Crippen LogP contribution in [0.1, 0.15) is 38.7 Å². The van der Waals surface area contributed by atoms with Crippen LogP contribution in [0.25, 0.3) is 0 Å². The van der Waals surface area contributed by atoms with Crippen molar-refractivity contribution in [2.24, 2.45) is 5.41 Å². The van der Waals surface area contributed by atoms with Gasteiger partial charge in [-0.05, 0) is 18.9 Å². The second-order valence-corrected chi connectivity index (χ2v) is 4.84. The van der Waals surface area contributed by atoms with E-state index in [1.54, 1.807) is 32.0 Å². The largest absolute Gasteiger partial charge is 0.481 e. The monoisotopic (exact) mass is 281 g/mol. The van der Waals surface area contributed by atoms with Crippen molar-refractivity contribution in [2.75, 3.05) is 0 Å². The molecule has 0 saturated heterocycles. The van der Waals surface area contributed by atoms with Crippen LogP contribution in [0.2, 0.25) is 0 Å². The molecule has 0 aliphatic carbocycles. The van der Waals surface area contributed by atoms with Gasteiger partial charge in [-0.3, -0.25) is 9.59 Å². The molecule has 1 aromatic rings. The summed E-state index contributed by atoms with van der Waals surface area (Å²) in [6.07, 6.45) is 0.668. The number of aliphatic carboxylic acids is 1. The summed E-state index contributed by atoms with van der Waals surface area (Å²) in [5.74, 6) is -1.73. The minimum absolute atomic E-state index is 0.0641. The number of hydrogen-bond acceptors (Lipinski definition) is 2. The maximum Gasteiger partial charge on any atom is 0.310 e. The fraction of sp³-hybridized carbons (Fsp3) is 0.467. The van der Waals surface area contributed by atoms with Gasteiger partial charge < -0.3 is 10.4 Å². The highest BCUT2D eigenvalue weighted by molar-refractivity contribution is 5.84. The molecule has 0 spiro atoms. The molecule has 0 bridgehead atoms. The maximum absolute atomic E-state index is 13.4. The first-order valence-corrected chi connectivity index (χ1v) is 6.68. The highest BCUT2D eigenvalue weighted by atomic mass is 19.1. The number of carbonyl (C=O) groups excluding carboxylic acids is 1. The van der Waals surface area contributed by atoms with Crippen LogP contribution in [0.3, 0.4) is 0 Å². The summed E-state index contributed by atoms with van der Waals surface area (Å²) >= 11 is 0. The summed E-state index contributed by atoms with van der Waals surface area (Å²) in [5, 5.41) is 11.8. The van der Waals surface area contributed by atoms with Gasteiger partial charge in [0.25, 0.3) is 0 Å². The molecule has 20 heavy (non-hydrogen) atoms. The van der Waals surface area contributed by atoms with E-state index in [4.69, 9.17) is 0 Å². The number of nitrogens with one attached hydrogen (secondary N) is 1. The fourth-order valence-corrected chi connectivity index (χ4v) is 2.08. The van der Waals surface area contributed by atoms with E-state index in [0.29, 0.717) is 18.4 Å². The SMILES string of the molecule is CCC(CC)(CC(=O)NCc1ccccc1F)C(=O)O. The normalized spacial score (nSPS) is 11.2. The highest BCUT2D eigenvalue weighted by Gasteiger charge is 2.37. The Morgan fingerprint density at radius 3 is 2.35 bits per heavy atom. The van der Waals surface area contributed by atoms with Crippen LogP contribution in [0, 0.1) is 11.2 Å². The van der Waals surface area contributed by atoms with Gasteiger partial charge in [0.2, 0.25) is 5.91 Å². The predicted octanol–water partition coefficient (Wildman–Crippen LogP) is 2.72. The second-order valence-electron chi connectivity index (χ2n) is 4.84. The third kappa shape index (κ3) is 3.79. The van der Waals surface area contributed by atoms with E-state index in [1.807, 2.05) is 0 Å². The van der Waals surface area contributed by atoms with Crippen molar-refractivity contribution >= 4 is 11.9 Å². The van der Waals surface area contributed by atoms with Crippen LogP contribution >= 0.6 is 0 Å². The van der Waals surface area contributed by atoms with Crippen LogP contribution in [0.4, 0.5) is 4.39 Å². The average Bonchev–Trinajstić information content (AvgIpc) is 2.43. The topological polar surface area (TPSA) is 66.4 Å². The molecule has 1 aromatic carbocycles. The summed E-state index contributed by atoms with van der Waals surface area (Å²) in [6, 6.07) is 6.16. The first-order chi connectivity index (χ1) is 9.45. The van der Waals surface area contributed by atoms with E-state index in [1.165, 1.54) is 6.07 Å². The van der Waals surface area contributed by atoms with E-state index < -0.39 is 11.4 Å². The van der Waals surface area contributed by atoms with E-state index in [9.17, 15) is 19.1 Å². The lowest BCUT2D eigenvalue weighted by atomic mass is 9.79. The summed E-state index contributed by atoms with van der Waals surface area (Å²) in [4.78, 5) is 23.2. The van der Waals surface area contributed by atoms with E-state index >= 15 is 0 Å². The highest BCUT2D eigenvalue weighted by Crippen LogP contribution is 2.30. The van der Waals surface area contributed by atoms with Crippen molar-refractivity contribution < 1.29 is 19.1 Å². The summed E-state index contributed by atoms with van der Waals surface area (Å²) < 4.78 is 13.4. The van der Waals surface area contributed by atoms with Gasteiger partial charge in [0.05, 0.1) is 5.41 Å². The van der Waals surface area contributed by atoms with Crippen LogP contribution in [0.5, 0.6) is 0 Å². The quantitative estimate of drug-likeness (QED) is 0.807. The van der Waals surface area contributed by atoms with Crippen molar-refractivity contribution in [3.8, 4) is 0 Å². The lowest BCUT2D eigenvalue weighted by molar-refractivity contribution is -0.152. The Hall–Kier alpha value is -1.91. The smallest absolute Gasteiger partial charge is 0.310 e. The number of rotatable bonds is 7. The number of carboxylic acids is 1. The summed E-state index contributed by atoms with van der Waals surface area (Å²) in [7, 11) is 0. The molecule has 0 radical (unpaired) electrons. The Morgan fingerprint density at radius 1 is 1.25 bits per heavy atom. The van der Waals surface area contributed by atoms with Gasteiger partial charge in [0.15, 0.2) is 0 Å². The van der Waals surface area contributed by atoms with Crippen molar-refractivity contribution in [3.05, 3.63) is 35.6 Å². The van der Waals surface area contributed by atoms with Crippen LogP contribution in [0.15, 0.2) is 24.3 Å². The molecule has 0 aromatic heterocycles. The molecule has 0 aliphatic heterocycles. The Bertz CT molecular complexity index is 484. The van der Waals surface area contributed by atoms with Gasteiger partial charge in [0, 0.05) is 18.5 Å². The minimum Gasteiger partial charge on any atom is -0.481 e. The number of benzene rings is 1. The van der Waals surface area contributed by atoms with Gasteiger partial charge in [-0.15, -0.1) is 0 Å². The zero-order valence-corrected chi connectivity index (χ0v) is 11.8. The van der Waals surface area contributed by atoms with Gasteiger partial charge in [-0.2, -0.15) is 0 Å². The fourth-order valence-electron chi connectivity index (χ4n) is 2.08. The van der Waals surface area contributed by atoms with Gasteiger partial charge in [-0.25, -0.2) is 4.39 Å². The lowest BCUT2D eigenvalue weighted by Crippen LogP contribution is -2.36. The van der Waals surface area contributed by atoms with Crippen LogP contribution in [-0.4, -0.2) is 17.0 Å². The van der Waals surface area contributed by atoms with Gasteiger partial charge in [-0.1, -0.05) is 32.0 Å². The lowest BCUT2D eigenvalue weighted by Gasteiger charge is -2.25. The molecule has 1 amide bonds. The number of hydrogen-bond donors (Lipinski definition) is 2. The molecule has 110 valence electrons. The molecular weight excluding hydrogens is 261 g/mol. The number of carbonyl (C=O) groups is 2. The van der Waals surface area contributed by atoms with E-state index in [2.05, 4.69) is 5.32 Å².